The fraction of sp³-hybridized carbons (Fsp3) is 0.167. The second kappa shape index (κ2) is 4.64. The number of hydrogen-bond donors (Lipinski definition) is 1. The van der Waals surface area contributed by atoms with Crippen LogP contribution in [0.5, 0.6) is 0 Å². The van der Waals surface area contributed by atoms with Crippen molar-refractivity contribution < 1.29 is 13.2 Å². The number of anilines is 1. The van der Waals surface area contributed by atoms with Gasteiger partial charge < -0.3 is 5.32 Å². The summed E-state index contributed by atoms with van der Waals surface area (Å²) in [7, 11) is 1.59. The van der Waals surface area contributed by atoms with Crippen LogP contribution in [0.4, 0.5) is 19.0 Å². The van der Waals surface area contributed by atoms with Crippen molar-refractivity contribution >= 4 is 5.82 Å². The topological polar surface area (TPSA) is 37.8 Å². The summed E-state index contributed by atoms with van der Waals surface area (Å²) in [5, 5.41) is 2.73. The summed E-state index contributed by atoms with van der Waals surface area (Å²) in [6.45, 7) is 0. The standard InChI is InChI=1S/C12H10F3N3/c1-16-11-10(17-6-7-18-11)8-4-2-3-5-9(8)12(13,14)15/h2-7H,1H3,(H,16,18). The number of halogens is 3. The van der Waals surface area contributed by atoms with Gasteiger partial charge >= 0.3 is 6.18 Å². The van der Waals surface area contributed by atoms with Gasteiger partial charge in [-0.2, -0.15) is 13.2 Å². The molecule has 1 aromatic carbocycles. The largest absolute Gasteiger partial charge is 0.417 e. The molecule has 0 saturated carbocycles. The van der Waals surface area contributed by atoms with E-state index in [9.17, 15) is 13.2 Å². The van der Waals surface area contributed by atoms with E-state index in [1.807, 2.05) is 0 Å². The molecule has 1 aromatic heterocycles. The van der Waals surface area contributed by atoms with E-state index < -0.39 is 11.7 Å². The number of benzene rings is 1. The van der Waals surface area contributed by atoms with Crippen molar-refractivity contribution in [3.05, 3.63) is 42.2 Å². The SMILES string of the molecule is CNc1nccnc1-c1ccccc1C(F)(F)F. The highest BCUT2D eigenvalue weighted by molar-refractivity contribution is 5.74. The Morgan fingerprint density at radius 1 is 1.06 bits per heavy atom. The van der Waals surface area contributed by atoms with Gasteiger partial charge in [0.2, 0.25) is 0 Å². The molecular formula is C12H10F3N3. The number of nitrogens with zero attached hydrogens (tertiary/aromatic N) is 2. The summed E-state index contributed by atoms with van der Waals surface area (Å²) in [6.07, 6.45) is -1.63. The van der Waals surface area contributed by atoms with Gasteiger partial charge in [0.15, 0.2) is 5.82 Å². The first-order valence-corrected chi connectivity index (χ1v) is 5.19. The molecule has 1 N–H and O–H groups in total. The highest BCUT2D eigenvalue weighted by atomic mass is 19.4. The van der Waals surface area contributed by atoms with Gasteiger partial charge in [-0.3, -0.25) is 4.98 Å². The minimum atomic E-state index is -4.42. The Kier molecular flexibility index (Phi) is 3.18. The zero-order valence-electron chi connectivity index (χ0n) is 9.49. The lowest BCUT2D eigenvalue weighted by molar-refractivity contribution is -0.137. The molecule has 0 unspecified atom stereocenters. The number of rotatable bonds is 2. The zero-order valence-corrected chi connectivity index (χ0v) is 9.49. The van der Waals surface area contributed by atoms with Crippen molar-refractivity contribution in [3.8, 4) is 11.3 Å². The summed E-state index contributed by atoms with van der Waals surface area (Å²) in [5.74, 6) is 0.314. The van der Waals surface area contributed by atoms with E-state index in [1.54, 1.807) is 13.1 Å². The van der Waals surface area contributed by atoms with Gasteiger partial charge in [-0.05, 0) is 6.07 Å². The average molecular weight is 253 g/mol. The normalized spacial score (nSPS) is 11.3. The molecule has 6 heteroatoms. The molecule has 18 heavy (non-hydrogen) atoms. The fourth-order valence-electron chi connectivity index (χ4n) is 1.65. The lowest BCUT2D eigenvalue weighted by Crippen LogP contribution is -2.08. The molecule has 0 aliphatic rings. The van der Waals surface area contributed by atoms with Crippen LogP contribution >= 0.6 is 0 Å². The van der Waals surface area contributed by atoms with Crippen LogP contribution in [0.15, 0.2) is 36.7 Å². The third-order valence-corrected chi connectivity index (χ3v) is 2.42. The molecule has 0 fully saturated rings. The van der Waals surface area contributed by atoms with Gasteiger partial charge in [-0.25, -0.2) is 4.98 Å². The van der Waals surface area contributed by atoms with Crippen molar-refractivity contribution in [1.29, 1.82) is 0 Å². The maximum absolute atomic E-state index is 12.9. The van der Waals surface area contributed by atoms with Gasteiger partial charge in [0.25, 0.3) is 0 Å². The predicted molar refractivity (Wildman–Crippen MR) is 62.0 cm³/mol. The average Bonchev–Trinajstić information content (AvgIpc) is 2.37. The summed E-state index contributed by atoms with van der Waals surface area (Å²) >= 11 is 0. The van der Waals surface area contributed by atoms with Gasteiger partial charge in [-0.15, -0.1) is 0 Å². The molecule has 2 rings (SSSR count). The molecule has 0 radical (unpaired) electrons. The van der Waals surface area contributed by atoms with Crippen LogP contribution in [-0.4, -0.2) is 17.0 Å². The molecule has 0 saturated heterocycles. The van der Waals surface area contributed by atoms with Crippen molar-refractivity contribution in [2.45, 2.75) is 6.18 Å². The number of alkyl halides is 3. The van der Waals surface area contributed by atoms with E-state index in [1.165, 1.54) is 24.5 Å². The second-order valence-corrected chi connectivity index (χ2v) is 3.55. The summed E-state index contributed by atoms with van der Waals surface area (Å²) in [5.41, 5.74) is -0.516. The Morgan fingerprint density at radius 2 is 1.72 bits per heavy atom. The molecule has 0 aliphatic carbocycles. The first-order chi connectivity index (χ1) is 8.54. The molecule has 3 nitrogen and oxygen atoms in total. The quantitative estimate of drug-likeness (QED) is 0.893. The van der Waals surface area contributed by atoms with Crippen molar-refractivity contribution in [3.63, 3.8) is 0 Å². The molecule has 94 valence electrons. The third kappa shape index (κ3) is 2.27. The minimum absolute atomic E-state index is 0.0162. The maximum atomic E-state index is 12.9. The highest BCUT2D eigenvalue weighted by Crippen LogP contribution is 2.37. The van der Waals surface area contributed by atoms with E-state index in [2.05, 4.69) is 15.3 Å². The van der Waals surface area contributed by atoms with Gasteiger partial charge in [-0.1, -0.05) is 18.2 Å². The number of hydrogen-bond acceptors (Lipinski definition) is 3. The Balaban J connectivity index is 2.65. The monoisotopic (exact) mass is 253 g/mol. The van der Waals surface area contributed by atoms with Crippen molar-refractivity contribution in [1.82, 2.24) is 9.97 Å². The zero-order chi connectivity index (χ0) is 13.2. The Hall–Kier alpha value is -2.11. The first-order valence-electron chi connectivity index (χ1n) is 5.19. The Labute approximate surface area is 102 Å². The molecule has 0 aliphatic heterocycles. The van der Waals surface area contributed by atoms with Crippen LogP contribution in [0.3, 0.4) is 0 Å². The first kappa shape index (κ1) is 12.3. The summed E-state index contributed by atoms with van der Waals surface area (Å²) < 4.78 is 38.7. The van der Waals surface area contributed by atoms with Gasteiger partial charge in [0, 0.05) is 25.0 Å². The molecule has 1 heterocycles. The van der Waals surface area contributed by atoms with Gasteiger partial charge in [0.1, 0.15) is 5.69 Å². The predicted octanol–water partition coefficient (Wildman–Crippen LogP) is 3.20. The molecule has 0 atom stereocenters. The third-order valence-electron chi connectivity index (χ3n) is 2.42. The molecule has 0 bridgehead atoms. The molecule has 2 aromatic rings. The lowest BCUT2D eigenvalue weighted by Gasteiger charge is -2.13. The molecule has 0 amide bonds. The Morgan fingerprint density at radius 3 is 2.39 bits per heavy atom. The summed E-state index contributed by atoms with van der Waals surface area (Å²) in [4.78, 5) is 7.92. The minimum Gasteiger partial charge on any atom is -0.371 e. The van der Waals surface area contributed by atoms with Crippen LogP contribution in [0, 0.1) is 0 Å². The van der Waals surface area contributed by atoms with E-state index >= 15 is 0 Å². The second-order valence-electron chi connectivity index (χ2n) is 3.55. The lowest BCUT2D eigenvalue weighted by atomic mass is 10.0. The van der Waals surface area contributed by atoms with E-state index in [0.29, 0.717) is 5.82 Å². The maximum Gasteiger partial charge on any atom is 0.417 e. The molecule has 0 spiro atoms. The van der Waals surface area contributed by atoms with Crippen LogP contribution in [-0.2, 0) is 6.18 Å². The van der Waals surface area contributed by atoms with Crippen LogP contribution in [0.2, 0.25) is 0 Å². The van der Waals surface area contributed by atoms with E-state index in [4.69, 9.17) is 0 Å². The van der Waals surface area contributed by atoms with E-state index in [-0.39, 0.29) is 11.3 Å². The van der Waals surface area contributed by atoms with Crippen molar-refractivity contribution in [2.75, 3.05) is 12.4 Å². The van der Waals surface area contributed by atoms with E-state index in [0.717, 1.165) is 6.07 Å². The summed E-state index contributed by atoms with van der Waals surface area (Å²) in [6, 6.07) is 5.30. The molecular weight excluding hydrogens is 243 g/mol. The number of nitrogens with one attached hydrogen (secondary N) is 1. The van der Waals surface area contributed by atoms with Gasteiger partial charge in [0.05, 0.1) is 5.56 Å². The smallest absolute Gasteiger partial charge is 0.371 e. The Bertz CT molecular complexity index is 552. The highest BCUT2D eigenvalue weighted by Gasteiger charge is 2.34. The van der Waals surface area contributed by atoms with Crippen LogP contribution in [0.1, 0.15) is 5.56 Å². The van der Waals surface area contributed by atoms with Crippen molar-refractivity contribution in [2.24, 2.45) is 0 Å². The fourth-order valence-corrected chi connectivity index (χ4v) is 1.65. The van der Waals surface area contributed by atoms with Crippen LogP contribution in [0.25, 0.3) is 11.3 Å². The van der Waals surface area contributed by atoms with Crippen LogP contribution < -0.4 is 5.32 Å². The number of aromatic nitrogens is 2.